The molecule has 0 aliphatic rings. The maximum absolute atomic E-state index is 9.40. The van der Waals surface area contributed by atoms with E-state index in [-0.39, 0.29) is 0 Å². The summed E-state index contributed by atoms with van der Waals surface area (Å²) in [5.74, 6) is 0. The van der Waals surface area contributed by atoms with Crippen LogP contribution >= 0.6 is 0 Å². The van der Waals surface area contributed by atoms with Gasteiger partial charge < -0.3 is 5.53 Å². The first kappa shape index (κ1) is 5.49. The fourth-order valence-corrected chi connectivity index (χ4v) is 0.121. The normalized spacial score (nSPS) is 12.2. The Morgan fingerprint density at radius 3 is 2.50 bits per heavy atom. The molecular weight excluding hydrogens is 104 g/mol. The molecule has 34 valence electrons. The molecule has 0 rings (SSSR count). The molecule has 0 saturated carbocycles. The first-order valence-corrected chi connectivity index (χ1v) is 2.21. The lowest BCUT2D eigenvalue weighted by Crippen LogP contribution is -1.84. The van der Waals surface area contributed by atoms with Crippen molar-refractivity contribution < 1.29 is 13.6 Å². The Bertz CT molecular complexity index is 104. The van der Waals surface area contributed by atoms with Crippen molar-refractivity contribution in [1.82, 2.24) is 0 Å². The fourth-order valence-electron chi connectivity index (χ4n) is 0.0403. The van der Waals surface area contributed by atoms with E-state index in [0.29, 0.717) is 5.55 Å². The lowest BCUT2D eigenvalue weighted by molar-refractivity contribution is 0.00745. The zero-order valence-corrected chi connectivity index (χ0v) is 3.55. The second-order valence-electron chi connectivity index (χ2n) is 0.497. The molecule has 0 aromatic carbocycles. The molecule has 1 unspecified atom stereocenters. The van der Waals surface area contributed by atoms with Gasteiger partial charge in [0, 0.05) is 0 Å². The number of hydrogen-bond acceptors (Lipinski definition) is 1. The lowest BCUT2D eigenvalue weighted by atomic mass is 11.7. The summed E-state index contributed by atoms with van der Waals surface area (Å²) >= 11 is -2.11. The Hall–Kier alpha value is -0.510. The van der Waals surface area contributed by atoms with Crippen LogP contribution in [0, 0.1) is 0 Å². The summed E-state index contributed by atoms with van der Waals surface area (Å²) in [6, 6.07) is 0. The summed E-state index contributed by atoms with van der Waals surface area (Å²) in [5.41, 5.74) is 7.95. The predicted molar refractivity (Wildman–Crippen MR) is 20.5 cm³/mol. The molecule has 5 heteroatoms. The van der Waals surface area contributed by atoms with Crippen molar-refractivity contribution in [3.05, 3.63) is 5.53 Å². The molecule has 0 saturated heterocycles. The maximum atomic E-state index is 9.40. The highest BCUT2D eigenvalue weighted by Crippen LogP contribution is 1.52. The SMILES string of the molecule is [N-]=[N+]=CS(=O)O. The van der Waals surface area contributed by atoms with E-state index in [1.165, 1.54) is 0 Å². The van der Waals surface area contributed by atoms with Gasteiger partial charge in [-0.3, -0.25) is 4.55 Å². The second-order valence-corrected chi connectivity index (χ2v) is 1.26. The van der Waals surface area contributed by atoms with Crippen molar-refractivity contribution >= 4 is 16.6 Å². The molecule has 1 atom stereocenters. The molecule has 0 bridgehead atoms. The van der Waals surface area contributed by atoms with Crippen LogP contribution in [0.5, 0.6) is 0 Å². The predicted octanol–water partition coefficient (Wildman–Crippen LogP) is -0.534. The minimum atomic E-state index is -2.11. The minimum Gasteiger partial charge on any atom is -0.361 e. The lowest BCUT2D eigenvalue weighted by Gasteiger charge is -1.58. The van der Waals surface area contributed by atoms with Crippen molar-refractivity contribution in [2.24, 2.45) is 0 Å². The van der Waals surface area contributed by atoms with Crippen LogP contribution in [0.2, 0.25) is 0 Å². The molecule has 0 heterocycles. The zero-order chi connectivity index (χ0) is 4.99. The van der Waals surface area contributed by atoms with Crippen molar-refractivity contribution in [3.63, 3.8) is 0 Å². The van der Waals surface area contributed by atoms with Crippen LogP contribution in [0.15, 0.2) is 0 Å². The van der Waals surface area contributed by atoms with Crippen LogP contribution in [0.25, 0.3) is 5.53 Å². The third kappa shape index (κ3) is 3.49. The van der Waals surface area contributed by atoms with Gasteiger partial charge in [0.1, 0.15) is 0 Å². The van der Waals surface area contributed by atoms with E-state index in [4.69, 9.17) is 10.1 Å². The summed E-state index contributed by atoms with van der Waals surface area (Å²) in [6.45, 7) is 0. The highest BCUT2D eigenvalue weighted by molar-refractivity contribution is 7.93. The van der Waals surface area contributed by atoms with Gasteiger partial charge in [0.05, 0.1) is 0 Å². The van der Waals surface area contributed by atoms with Gasteiger partial charge in [0.25, 0.3) is 11.1 Å². The van der Waals surface area contributed by atoms with E-state index in [0.717, 1.165) is 0 Å². The summed E-state index contributed by atoms with van der Waals surface area (Å²) in [5, 5.41) is 0. The van der Waals surface area contributed by atoms with Crippen molar-refractivity contribution in [1.29, 1.82) is 0 Å². The van der Waals surface area contributed by atoms with Gasteiger partial charge in [-0.05, 0) is 0 Å². The molecule has 0 amide bonds. The Balaban J connectivity index is 3.60. The van der Waals surface area contributed by atoms with Gasteiger partial charge in [-0.1, -0.05) is 0 Å². The Morgan fingerprint density at radius 2 is 2.50 bits per heavy atom. The first-order chi connectivity index (χ1) is 2.77. The monoisotopic (exact) mass is 106 g/mol. The Morgan fingerprint density at radius 1 is 2.00 bits per heavy atom. The molecular formula is CH2N2O2S. The highest BCUT2D eigenvalue weighted by atomic mass is 32.2. The highest BCUT2D eigenvalue weighted by Gasteiger charge is 1.83. The van der Waals surface area contributed by atoms with Crippen LogP contribution in [0.1, 0.15) is 0 Å². The zero-order valence-electron chi connectivity index (χ0n) is 2.74. The van der Waals surface area contributed by atoms with E-state index in [2.05, 4.69) is 4.79 Å². The molecule has 0 aliphatic carbocycles. The standard InChI is InChI=1S/CH2N2O2S/c2-3-1-6(4)5/h1H,(H,4,5). The quantitative estimate of drug-likeness (QED) is 0.160. The van der Waals surface area contributed by atoms with Crippen molar-refractivity contribution in [2.75, 3.05) is 0 Å². The van der Waals surface area contributed by atoms with Crippen LogP contribution in [0.4, 0.5) is 0 Å². The van der Waals surface area contributed by atoms with Gasteiger partial charge in [-0.15, -0.1) is 0 Å². The summed E-state index contributed by atoms with van der Waals surface area (Å²) < 4.78 is 17.1. The molecule has 1 N–H and O–H groups in total. The van der Waals surface area contributed by atoms with Gasteiger partial charge in [0.15, 0.2) is 0 Å². The molecule has 0 radical (unpaired) electrons. The number of rotatable bonds is 1. The van der Waals surface area contributed by atoms with Crippen LogP contribution < -0.4 is 0 Å². The van der Waals surface area contributed by atoms with Crippen molar-refractivity contribution in [2.45, 2.75) is 0 Å². The second kappa shape index (κ2) is 2.71. The first-order valence-electron chi connectivity index (χ1n) is 1.04. The van der Waals surface area contributed by atoms with Gasteiger partial charge in [-0.2, -0.15) is 4.79 Å². The molecule has 0 fully saturated rings. The Kier molecular flexibility index (Phi) is 2.48. The summed E-state index contributed by atoms with van der Waals surface area (Å²) in [4.78, 5) is 2.26. The smallest absolute Gasteiger partial charge is 0.361 e. The maximum Gasteiger partial charge on any atom is 0.370 e. The number of hydrogen-bond donors (Lipinski definition) is 1. The number of nitrogens with zero attached hydrogens (tertiary/aromatic N) is 2. The molecule has 0 spiro atoms. The average molecular weight is 106 g/mol. The molecule has 0 aliphatic heterocycles. The van der Waals surface area contributed by atoms with E-state index >= 15 is 0 Å². The molecule has 6 heavy (non-hydrogen) atoms. The fraction of sp³-hybridized carbons (Fsp3) is 0. The van der Waals surface area contributed by atoms with Crippen LogP contribution in [-0.4, -0.2) is 19.1 Å². The average Bonchev–Trinajstić information content (AvgIpc) is 1.35. The third-order valence-corrected chi connectivity index (χ3v) is 0.412. The van der Waals surface area contributed by atoms with Gasteiger partial charge in [-0.25, -0.2) is 4.21 Å². The van der Waals surface area contributed by atoms with E-state index in [1.54, 1.807) is 0 Å². The topological polar surface area (TPSA) is 73.7 Å². The van der Waals surface area contributed by atoms with E-state index in [1.807, 2.05) is 0 Å². The summed E-state index contributed by atoms with van der Waals surface area (Å²) in [6.07, 6.45) is 0. The molecule has 4 nitrogen and oxygen atoms in total. The van der Waals surface area contributed by atoms with Crippen molar-refractivity contribution in [3.8, 4) is 0 Å². The minimum absolute atomic E-state index is 0.500. The largest absolute Gasteiger partial charge is 0.370 e. The molecule has 0 aromatic heterocycles. The van der Waals surface area contributed by atoms with Gasteiger partial charge in [0.2, 0.25) is 0 Å². The van der Waals surface area contributed by atoms with Gasteiger partial charge >= 0.3 is 5.55 Å². The van der Waals surface area contributed by atoms with Crippen LogP contribution in [0.3, 0.4) is 0 Å². The summed E-state index contributed by atoms with van der Waals surface area (Å²) in [7, 11) is 0. The third-order valence-electron chi connectivity index (χ3n) is 0.137. The van der Waals surface area contributed by atoms with Crippen LogP contribution in [-0.2, 0) is 11.1 Å². The molecule has 0 aromatic rings. The van der Waals surface area contributed by atoms with E-state index < -0.39 is 11.1 Å². The van der Waals surface area contributed by atoms with E-state index in [9.17, 15) is 4.21 Å². The Labute approximate surface area is 36.7 Å².